The van der Waals surface area contributed by atoms with E-state index in [0.717, 1.165) is 19.4 Å². The van der Waals surface area contributed by atoms with E-state index >= 15 is 0 Å². The van der Waals surface area contributed by atoms with Crippen LogP contribution >= 0.6 is 0 Å². The van der Waals surface area contributed by atoms with Crippen LogP contribution in [0.4, 0.5) is 17.2 Å². The fourth-order valence-electron chi connectivity index (χ4n) is 4.92. The van der Waals surface area contributed by atoms with Gasteiger partial charge in [-0.15, -0.1) is 0 Å². The lowest BCUT2D eigenvalue weighted by Crippen LogP contribution is -2.36. The van der Waals surface area contributed by atoms with Crippen molar-refractivity contribution in [2.75, 3.05) is 0 Å². The van der Waals surface area contributed by atoms with Gasteiger partial charge >= 0.3 is 0 Å². The van der Waals surface area contributed by atoms with Crippen LogP contribution < -0.4 is 4.48 Å². The summed E-state index contributed by atoms with van der Waals surface area (Å²) >= 11 is 0. The monoisotopic (exact) mass is 402 g/mol. The zero-order valence-electron chi connectivity index (χ0n) is 18.0. The molecule has 5 heterocycles. The third-order valence-electron chi connectivity index (χ3n) is 6.48. The molecule has 5 heteroatoms. The Balaban J connectivity index is 1.59. The molecule has 0 unspecified atom stereocenters. The molecule has 5 nitrogen and oxygen atoms in total. The number of hydrogen-bond donors (Lipinski definition) is 4. The number of rotatable bonds is 9. The number of hydrogen-bond acceptors (Lipinski definition) is 0. The summed E-state index contributed by atoms with van der Waals surface area (Å²) in [5.74, 6) is 1.23. The van der Waals surface area contributed by atoms with E-state index in [0.29, 0.717) is 4.48 Å². The van der Waals surface area contributed by atoms with E-state index in [1.807, 2.05) is 0 Å². The summed E-state index contributed by atoms with van der Waals surface area (Å²) in [6.07, 6.45) is 11.2. The highest BCUT2D eigenvalue weighted by Crippen LogP contribution is 2.57. The number of quaternary nitrogens is 1. The first kappa shape index (κ1) is 19.1. The van der Waals surface area contributed by atoms with Crippen LogP contribution in [0.1, 0.15) is 56.6 Å². The topological polar surface area (TPSA) is 63.2 Å². The third kappa shape index (κ3) is 2.96. The Hall–Kier alpha value is -2.92. The molecule has 0 atom stereocenters. The lowest BCUT2D eigenvalue weighted by Gasteiger charge is -2.31. The zero-order valence-corrected chi connectivity index (χ0v) is 18.0. The van der Waals surface area contributed by atoms with Crippen LogP contribution in [0, 0.1) is 0 Å². The van der Waals surface area contributed by atoms with E-state index in [1.54, 1.807) is 0 Å². The van der Waals surface area contributed by atoms with Crippen molar-refractivity contribution in [1.82, 2.24) is 24.4 Å². The molecule has 1 aliphatic heterocycles. The van der Waals surface area contributed by atoms with Gasteiger partial charge in [-0.1, -0.05) is 26.7 Å². The summed E-state index contributed by atoms with van der Waals surface area (Å²) < 4.78 is 0.678. The fraction of sp³-hybridized carbons (Fsp3) is 0.360. The van der Waals surface area contributed by atoms with E-state index in [1.165, 1.54) is 71.3 Å². The fourth-order valence-corrected chi connectivity index (χ4v) is 4.92. The van der Waals surface area contributed by atoms with Gasteiger partial charge in [-0.25, -0.2) is 4.48 Å². The quantitative estimate of drug-likeness (QED) is 0.222. The second-order valence-electron chi connectivity index (χ2n) is 8.53. The number of aromatic nitrogens is 4. The Morgan fingerprint density at radius 1 is 0.667 bits per heavy atom. The molecule has 0 fully saturated rings. The summed E-state index contributed by atoms with van der Waals surface area (Å²) in [5.41, 5.74) is 8.90. The maximum atomic E-state index is 3.78. The van der Waals surface area contributed by atoms with E-state index in [-0.39, 0.29) is 0 Å². The van der Waals surface area contributed by atoms with Crippen molar-refractivity contribution >= 4 is 17.2 Å². The van der Waals surface area contributed by atoms with Crippen LogP contribution in [0.2, 0.25) is 0 Å². The summed E-state index contributed by atoms with van der Waals surface area (Å²) in [6, 6.07) is 13.5. The molecule has 156 valence electrons. The zero-order chi connectivity index (χ0) is 20.6. The molecule has 0 spiro atoms. The number of unbranched alkanes of at least 4 members (excludes halogenated alkanes) is 2. The van der Waals surface area contributed by atoms with Crippen molar-refractivity contribution in [3.63, 3.8) is 0 Å². The number of nitrogens with one attached hydrogen (secondary N) is 4. The highest BCUT2D eigenvalue weighted by Gasteiger charge is 2.49. The van der Waals surface area contributed by atoms with Crippen molar-refractivity contribution in [3.8, 4) is 11.4 Å². The van der Waals surface area contributed by atoms with Gasteiger partial charge < -0.3 is 19.9 Å². The van der Waals surface area contributed by atoms with Crippen LogP contribution in [0.5, 0.6) is 0 Å². The van der Waals surface area contributed by atoms with E-state index in [4.69, 9.17) is 0 Å². The van der Waals surface area contributed by atoms with Gasteiger partial charge in [0.2, 0.25) is 5.82 Å². The van der Waals surface area contributed by atoms with Gasteiger partial charge in [-0.05, 0) is 43.9 Å². The average Bonchev–Trinajstić information content (AvgIpc) is 3.55. The Labute approximate surface area is 178 Å². The first-order valence-corrected chi connectivity index (χ1v) is 11.4. The second kappa shape index (κ2) is 7.73. The number of nitrogens with zero attached hydrogens (tertiary/aromatic N) is 1. The van der Waals surface area contributed by atoms with Gasteiger partial charge in [-0.3, -0.25) is 0 Å². The van der Waals surface area contributed by atoms with E-state index in [2.05, 4.69) is 82.6 Å². The maximum absolute atomic E-state index is 3.78. The lowest BCUT2D eigenvalue weighted by molar-refractivity contribution is 0.504. The lowest BCUT2D eigenvalue weighted by atomic mass is 10.2. The minimum atomic E-state index is 0.678. The van der Waals surface area contributed by atoms with Gasteiger partial charge in [0.1, 0.15) is 17.9 Å². The van der Waals surface area contributed by atoms with Gasteiger partial charge in [0.25, 0.3) is 0 Å². The summed E-state index contributed by atoms with van der Waals surface area (Å²) in [6.45, 7) is 5.35. The van der Waals surface area contributed by atoms with Crippen molar-refractivity contribution in [1.29, 1.82) is 0 Å². The van der Waals surface area contributed by atoms with Crippen molar-refractivity contribution < 1.29 is 0 Å². The Bertz CT molecular complexity index is 1080. The molecule has 0 saturated carbocycles. The van der Waals surface area contributed by atoms with Crippen molar-refractivity contribution in [2.24, 2.45) is 0 Å². The molecule has 0 amide bonds. The van der Waals surface area contributed by atoms with E-state index in [9.17, 15) is 0 Å². The Morgan fingerprint density at radius 2 is 1.23 bits per heavy atom. The predicted molar refractivity (Wildman–Crippen MR) is 124 cm³/mol. The number of fused-ring (bicyclic) bond motifs is 3. The SMILES string of the molecule is CCCCc1ccc(C[N+]2(c3ccc(CCCC)[nH]3)c3cc[nH]c3-c3[nH]ccc32)[nH]1. The van der Waals surface area contributed by atoms with Crippen LogP contribution in [0.25, 0.3) is 11.4 Å². The van der Waals surface area contributed by atoms with Gasteiger partial charge in [0.05, 0.1) is 5.69 Å². The molecule has 4 aromatic heterocycles. The predicted octanol–water partition coefficient (Wildman–Crippen LogP) is 6.84. The molecule has 0 saturated heterocycles. The third-order valence-corrected chi connectivity index (χ3v) is 6.48. The highest BCUT2D eigenvalue weighted by molar-refractivity contribution is 5.94. The van der Waals surface area contributed by atoms with Crippen LogP contribution in [0.15, 0.2) is 48.8 Å². The summed E-state index contributed by atoms with van der Waals surface area (Å²) in [4.78, 5) is 14.4. The minimum Gasteiger partial charge on any atom is -0.358 e. The van der Waals surface area contributed by atoms with Crippen molar-refractivity contribution in [2.45, 2.75) is 58.9 Å². The first-order valence-electron chi connectivity index (χ1n) is 11.4. The van der Waals surface area contributed by atoms with Gasteiger partial charge in [0.15, 0.2) is 11.4 Å². The Morgan fingerprint density at radius 3 is 1.87 bits per heavy atom. The summed E-state index contributed by atoms with van der Waals surface area (Å²) in [5, 5.41) is 0. The first-order chi connectivity index (χ1) is 14.8. The largest absolute Gasteiger partial charge is 0.358 e. The molecule has 1 aliphatic rings. The van der Waals surface area contributed by atoms with Crippen LogP contribution in [-0.4, -0.2) is 19.9 Å². The molecule has 0 aromatic carbocycles. The number of H-pyrrole nitrogens is 4. The molecule has 0 bridgehead atoms. The molecule has 0 radical (unpaired) electrons. The van der Waals surface area contributed by atoms with Crippen LogP contribution in [-0.2, 0) is 19.4 Å². The van der Waals surface area contributed by atoms with Gasteiger partial charge in [0, 0.05) is 42.0 Å². The number of aromatic amines is 4. The minimum absolute atomic E-state index is 0.678. The van der Waals surface area contributed by atoms with Crippen molar-refractivity contribution in [3.05, 3.63) is 65.9 Å². The molecule has 4 aromatic rings. The second-order valence-corrected chi connectivity index (χ2v) is 8.53. The number of aryl methyl sites for hydroxylation is 2. The standard InChI is InChI=1S/C25H32N5/c1-3-5-7-18-9-10-20(28-18)17-30(23-12-11-19(29-23)8-6-4-2)21-13-15-26-24(21)25-22(30)14-16-27-25/h9-16,26-29H,3-8,17H2,1-2H3/q+1. The average molecular weight is 403 g/mol. The highest BCUT2D eigenvalue weighted by atomic mass is 15.4. The maximum Gasteiger partial charge on any atom is 0.216 e. The molecular weight excluding hydrogens is 370 g/mol. The van der Waals surface area contributed by atoms with Gasteiger partial charge in [-0.2, -0.15) is 0 Å². The molecule has 30 heavy (non-hydrogen) atoms. The molecule has 5 rings (SSSR count). The molecule has 4 N–H and O–H groups in total. The molecule has 0 aliphatic carbocycles. The van der Waals surface area contributed by atoms with E-state index < -0.39 is 0 Å². The van der Waals surface area contributed by atoms with Crippen LogP contribution in [0.3, 0.4) is 0 Å². The summed E-state index contributed by atoms with van der Waals surface area (Å²) in [7, 11) is 0. The smallest absolute Gasteiger partial charge is 0.216 e. The Kier molecular flexibility index (Phi) is 4.91. The molecular formula is C25H32N5+. The normalized spacial score (nSPS) is 14.2.